The normalized spacial score (nSPS) is 10.3. The zero-order valence-corrected chi connectivity index (χ0v) is 15.2. The molecular formula is C18H20N4O5. The van der Waals surface area contributed by atoms with E-state index in [0.29, 0.717) is 17.2 Å². The summed E-state index contributed by atoms with van der Waals surface area (Å²) in [4.78, 5) is 28.0. The Labute approximate surface area is 156 Å². The molecule has 0 unspecified atom stereocenters. The molecule has 1 aromatic heterocycles. The number of nitrogens with one attached hydrogen (secondary N) is 2. The number of carbonyl (C=O) groups is 2. The molecule has 9 heteroatoms. The van der Waals surface area contributed by atoms with E-state index in [-0.39, 0.29) is 12.1 Å². The van der Waals surface area contributed by atoms with Crippen LogP contribution in [0.5, 0.6) is 17.2 Å². The minimum absolute atomic E-state index is 0.247. The third-order valence-electron chi connectivity index (χ3n) is 3.45. The Hall–Kier alpha value is -3.62. The van der Waals surface area contributed by atoms with Gasteiger partial charge in [0.15, 0.2) is 11.5 Å². The maximum absolute atomic E-state index is 12.3. The van der Waals surface area contributed by atoms with Gasteiger partial charge >= 0.3 is 0 Å². The second kappa shape index (κ2) is 9.76. The van der Waals surface area contributed by atoms with Crippen molar-refractivity contribution >= 4 is 18.0 Å². The minimum atomic E-state index is -0.471. The van der Waals surface area contributed by atoms with E-state index < -0.39 is 11.8 Å². The summed E-state index contributed by atoms with van der Waals surface area (Å²) in [7, 11) is 4.37. The average molecular weight is 372 g/mol. The molecular weight excluding hydrogens is 352 g/mol. The highest BCUT2D eigenvalue weighted by atomic mass is 16.5. The summed E-state index contributed by atoms with van der Waals surface area (Å²) >= 11 is 0. The highest BCUT2D eigenvalue weighted by Gasteiger charge is 2.17. The number of benzene rings is 1. The Morgan fingerprint density at radius 2 is 1.70 bits per heavy atom. The van der Waals surface area contributed by atoms with E-state index in [9.17, 15) is 9.59 Å². The van der Waals surface area contributed by atoms with Gasteiger partial charge in [0, 0.05) is 18.0 Å². The van der Waals surface area contributed by atoms with Gasteiger partial charge in [0.05, 0.1) is 34.1 Å². The Morgan fingerprint density at radius 1 is 1.07 bits per heavy atom. The van der Waals surface area contributed by atoms with Gasteiger partial charge in [-0.3, -0.25) is 14.6 Å². The quantitative estimate of drug-likeness (QED) is 0.528. The molecule has 0 aliphatic carbocycles. The summed E-state index contributed by atoms with van der Waals surface area (Å²) in [5, 5.41) is 6.31. The molecule has 0 atom stereocenters. The number of pyridine rings is 1. The fraction of sp³-hybridized carbons (Fsp3) is 0.222. The van der Waals surface area contributed by atoms with Crippen molar-refractivity contribution in [1.82, 2.24) is 15.7 Å². The van der Waals surface area contributed by atoms with Crippen LogP contribution in [0.3, 0.4) is 0 Å². The number of methoxy groups -OCH3 is 3. The van der Waals surface area contributed by atoms with Crippen LogP contribution in [-0.4, -0.2) is 50.9 Å². The number of hydrazone groups is 1. The van der Waals surface area contributed by atoms with E-state index in [4.69, 9.17) is 14.2 Å². The lowest BCUT2D eigenvalue weighted by Crippen LogP contribution is -2.34. The number of rotatable bonds is 8. The molecule has 0 fully saturated rings. The lowest BCUT2D eigenvalue weighted by atomic mass is 10.1. The van der Waals surface area contributed by atoms with Crippen molar-refractivity contribution in [2.45, 2.75) is 0 Å². The first-order chi connectivity index (χ1) is 13.1. The minimum Gasteiger partial charge on any atom is -0.493 e. The number of hydrogen-bond acceptors (Lipinski definition) is 7. The van der Waals surface area contributed by atoms with Crippen LogP contribution in [0.1, 0.15) is 15.9 Å². The molecule has 0 bridgehead atoms. The summed E-state index contributed by atoms with van der Waals surface area (Å²) in [6.45, 7) is -0.247. The predicted octanol–water partition coefficient (Wildman–Crippen LogP) is 0.987. The van der Waals surface area contributed by atoms with E-state index in [0.717, 1.165) is 5.56 Å². The maximum atomic E-state index is 12.3. The second-order valence-corrected chi connectivity index (χ2v) is 5.17. The first-order valence-electron chi connectivity index (χ1n) is 7.89. The third kappa shape index (κ3) is 5.43. The number of ether oxygens (including phenoxy) is 3. The highest BCUT2D eigenvalue weighted by molar-refractivity contribution is 5.97. The molecule has 0 radical (unpaired) electrons. The molecule has 1 heterocycles. The van der Waals surface area contributed by atoms with Crippen molar-refractivity contribution in [2.24, 2.45) is 5.10 Å². The molecule has 2 N–H and O–H groups in total. The van der Waals surface area contributed by atoms with E-state index in [1.807, 2.05) is 0 Å². The maximum Gasteiger partial charge on any atom is 0.259 e. The molecule has 2 rings (SSSR count). The SMILES string of the molecule is COc1cc(C(=O)NCC(=O)N/N=C\c2ccncc2)cc(OC)c1OC. The lowest BCUT2D eigenvalue weighted by molar-refractivity contribution is -0.120. The van der Waals surface area contributed by atoms with Crippen LogP contribution in [0.4, 0.5) is 0 Å². The van der Waals surface area contributed by atoms with Gasteiger partial charge in [-0.15, -0.1) is 0 Å². The Morgan fingerprint density at radius 3 is 2.26 bits per heavy atom. The monoisotopic (exact) mass is 372 g/mol. The first kappa shape index (κ1) is 19.7. The van der Waals surface area contributed by atoms with Crippen LogP contribution in [0.2, 0.25) is 0 Å². The first-order valence-corrected chi connectivity index (χ1v) is 7.89. The number of nitrogens with zero attached hydrogens (tertiary/aromatic N) is 2. The largest absolute Gasteiger partial charge is 0.493 e. The predicted molar refractivity (Wildman–Crippen MR) is 98.4 cm³/mol. The van der Waals surface area contributed by atoms with Gasteiger partial charge in [-0.1, -0.05) is 0 Å². The van der Waals surface area contributed by atoms with Gasteiger partial charge in [0.2, 0.25) is 5.75 Å². The molecule has 27 heavy (non-hydrogen) atoms. The van der Waals surface area contributed by atoms with Crippen molar-refractivity contribution in [3.63, 3.8) is 0 Å². The fourth-order valence-electron chi connectivity index (χ4n) is 2.14. The highest BCUT2D eigenvalue weighted by Crippen LogP contribution is 2.38. The standard InChI is InChI=1S/C18H20N4O5/c1-25-14-8-13(9-15(26-2)17(14)27-3)18(24)20-11-16(23)22-21-10-12-4-6-19-7-5-12/h4-10H,11H2,1-3H3,(H,20,24)(H,22,23)/b21-10-. The number of hydrogen-bond donors (Lipinski definition) is 2. The van der Waals surface area contributed by atoms with Gasteiger partial charge in [-0.2, -0.15) is 5.10 Å². The number of aromatic nitrogens is 1. The zero-order valence-electron chi connectivity index (χ0n) is 15.2. The van der Waals surface area contributed by atoms with Crippen LogP contribution in [0.15, 0.2) is 41.8 Å². The summed E-state index contributed by atoms with van der Waals surface area (Å²) in [5.74, 6) is 0.116. The third-order valence-corrected chi connectivity index (χ3v) is 3.45. The Bertz CT molecular complexity index is 799. The Kier molecular flexibility index (Phi) is 7.12. The summed E-state index contributed by atoms with van der Waals surface area (Å²) < 4.78 is 15.6. The van der Waals surface area contributed by atoms with E-state index in [2.05, 4.69) is 20.8 Å². The second-order valence-electron chi connectivity index (χ2n) is 5.17. The van der Waals surface area contributed by atoms with Crippen LogP contribution in [-0.2, 0) is 4.79 Å². The lowest BCUT2D eigenvalue weighted by Gasteiger charge is -2.14. The van der Waals surface area contributed by atoms with Gasteiger partial charge in [0.1, 0.15) is 0 Å². The van der Waals surface area contributed by atoms with Crippen LogP contribution in [0.25, 0.3) is 0 Å². The molecule has 0 spiro atoms. The molecule has 0 aliphatic heterocycles. The number of amides is 2. The van der Waals surface area contributed by atoms with Crippen molar-refractivity contribution < 1.29 is 23.8 Å². The molecule has 1 aromatic carbocycles. The van der Waals surface area contributed by atoms with Gasteiger partial charge in [0.25, 0.3) is 11.8 Å². The van der Waals surface area contributed by atoms with Crippen LogP contribution < -0.4 is 25.0 Å². The van der Waals surface area contributed by atoms with Crippen molar-refractivity contribution in [3.8, 4) is 17.2 Å². The van der Waals surface area contributed by atoms with Crippen molar-refractivity contribution in [3.05, 3.63) is 47.8 Å². The van der Waals surface area contributed by atoms with Crippen LogP contribution >= 0.6 is 0 Å². The van der Waals surface area contributed by atoms with Gasteiger partial charge < -0.3 is 19.5 Å². The molecule has 9 nitrogen and oxygen atoms in total. The molecule has 0 saturated heterocycles. The summed E-state index contributed by atoms with van der Waals surface area (Å²) in [6.07, 6.45) is 4.70. The molecule has 0 aliphatic rings. The zero-order chi connectivity index (χ0) is 19.6. The van der Waals surface area contributed by atoms with E-state index in [1.165, 1.54) is 39.7 Å². The summed E-state index contributed by atoms with van der Waals surface area (Å²) in [6, 6.07) is 6.47. The summed E-state index contributed by atoms with van der Waals surface area (Å²) in [5.41, 5.74) is 3.37. The molecule has 2 amide bonds. The molecule has 142 valence electrons. The molecule has 0 saturated carbocycles. The van der Waals surface area contributed by atoms with Gasteiger partial charge in [-0.05, 0) is 29.8 Å². The molecule has 2 aromatic rings. The Balaban J connectivity index is 1.95. The number of carbonyl (C=O) groups excluding carboxylic acids is 2. The fourth-order valence-corrected chi connectivity index (χ4v) is 2.14. The van der Waals surface area contributed by atoms with Crippen LogP contribution in [0, 0.1) is 0 Å². The average Bonchev–Trinajstić information content (AvgIpc) is 2.71. The smallest absolute Gasteiger partial charge is 0.259 e. The van der Waals surface area contributed by atoms with E-state index >= 15 is 0 Å². The van der Waals surface area contributed by atoms with Crippen molar-refractivity contribution in [2.75, 3.05) is 27.9 Å². The van der Waals surface area contributed by atoms with Gasteiger partial charge in [-0.25, -0.2) is 5.43 Å². The topological polar surface area (TPSA) is 111 Å². The van der Waals surface area contributed by atoms with E-state index in [1.54, 1.807) is 24.5 Å². The van der Waals surface area contributed by atoms with Crippen molar-refractivity contribution in [1.29, 1.82) is 0 Å².